The van der Waals surface area contributed by atoms with Crippen LogP contribution in [0, 0.1) is 0 Å². The van der Waals surface area contributed by atoms with E-state index in [1.54, 1.807) is 30.3 Å². The molecule has 0 saturated carbocycles. The molecular weight excluding hydrogens is 254 g/mol. The van der Waals surface area contributed by atoms with Crippen molar-refractivity contribution in [3.63, 3.8) is 0 Å². The Kier molecular flexibility index (Phi) is 3.71. The van der Waals surface area contributed by atoms with Crippen molar-refractivity contribution in [2.75, 3.05) is 5.73 Å². The first-order chi connectivity index (χ1) is 8.16. The zero-order chi connectivity index (χ0) is 12.3. The fraction of sp³-hybridized carbons (Fsp3) is 0. The third-order valence-corrected chi connectivity index (χ3v) is 3.59. The van der Waals surface area contributed by atoms with Crippen molar-refractivity contribution in [2.24, 2.45) is 0 Å². The van der Waals surface area contributed by atoms with Gasteiger partial charge in [0, 0.05) is 16.1 Å². The lowest BCUT2D eigenvalue weighted by Gasteiger charge is -2.04. The lowest BCUT2D eigenvalue weighted by Crippen LogP contribution is -1.93. The Labute approximate surface area is 109 Å². The maximum Gasteiger partial charge on any atom is 0.224 e. The fourth-order valence-corrected chi connectivity index (χ4v) is 2.38. The molecule has 0 spiro atoms. The molecule has 2 rings (SSSR count). The molecular formula is C13H10ClNOS. The van der Waals surface area contributed by atoms with Gasteiger partial charge in [-0.15, -0.1) is 0 Å². The highest BCUT2D eigenvalue weighted by Crippen LogP contribution is 2.31. The highest BCUT2D eigenvalue weighted by Gasteiger charge is 2.10. The number of carbonyl (C=O) groups is 1. The number of halogens is 1. The monoisotopic (exact) mass is 263 g/mol. The average Bonchev–Trinajstić information content (AvgIpc) is 2.34. The maximum atomic E-state index is 11.9. The normalized spacial score (nSPS) is 10.2. The standard InChI is InChI=1S/C13H10ClNOS/c14-11-8-10(15)6-7-12(11)17-13(16)9-4-2-1-3-5-9/h1-8H,15H2. The van der Waals surface area contributed by atoms with Crippen molar-refractivity contribution in [1.29, 1.82) is 0 Å². The second kappa shape index (κ2) is 5.25. The van der Waals surface area contributed by atoms with Crippen LogP contribution in [0.4, 0.5) is 5.69 Å². The molecule has 0 radical (unpaired) electrons. The Morgan fingerprint density at radius 1 is 1.12 bits per heavy atom. The van der Waals surface area contributed by atoms with E-state index in [0.29, 0.717) is 16.3 Å². The molecule has 17 heavy (non-hydrogen) atoms. The van der Waals surface area contributed by atoms with Crippen LogP contribution in [-0.2, 0) is 0 Å². The summed E-state index contributed by atoms with van der Waals surface area (Å²) in [6.45, 7) is 0. The first-order valence-corrected chi connectivity index (χ1v) is 6.18. The summed E-state index contributed by atoms with van der Waals surface area (Å²) in [7, 11) is 0. The molecule has 2 N–H and O–H groups in total. The average molecular weight is 264 g/mol. The van der Waals surface area contributed by atoms with Gasteiger partial charge in [0.15, 0.2) is 0 Å². The Bertz CT molecular complexity index is 542. The minimum Gasteiger partial charge on any atom is -0.399 e. The Morgan fingerprint density at radius 3 is 2.47 bits per heavy atom. The van der Waals surface area contributed by atoms with Crippen LogP contribution in [0.5, 0.6) is 0 Å². The van der Waals surface area contributed by atoms with Gasteiger partial charge in [-0.1, -0.05) is 41.9 Å². The van der Waals surface area contributed by atoms with Crippen LogP contribution in [-0.4, -0.2) is 5.12 Å². The SMILES string of the molecule is Nc1ccc(SC(=O)c2ccccc2)c(Cl)c1. The molecule has 0 amide bonds. The maximum absolute atomic E-state index is 11.9. The van der Waals surface area contributed by atoms with Gasteiger partial charge in [-0.2, -0.15) is 0 Å². The van der Waals surface area contributed by atoms with Gasteiger partial charge in [-0.25, -0.2) is 0 Å². The van der Waals surface area contributed by atoms with Crippen molar-refractivity contribution in [3.05, 3.63) is 59.1 Å². The summed E-state index contributed by atoms with van der Waals surface area (Å²) in [5, 5.41) is 0.469. The van der Waals surface area contributed by atoms with Crippen molar-refractivity contribution >= 4 is 34.2 Å². The first kappa shape index (κ1) is 12.0. The van der Waals surface area contributed by atoms with Gasteiger partial charge in [0.25, 0.3) is 0 Å². The quantitative estimate of drug-likeness (QED) is 0.661. The van der Waals surface area contributed by atoms with Crippen LogP contribution >= 0.6 is 23.4 Å². The van der Waals surface area contributed by atoms with Gasteiger partial charge < -0.3 is 5.73 Å². The van der Waals surface area contributed by atoms with Gasteiger partial charge in [0.05, 0.1) is 5.02 Å². The minimum atomic E-state index is -0.0303. The zero-order valence-corrected chi connectivity index (χ0v) is 10.5. The highest BCUT2D eigenvalue weighted by atomic mass is 35.5. The largest absolute Gasteiger partial charge is 0.399 e. The Balaban J connectivity index is 2.19. The number of hydrogen-bond donors (Lipinski definition) is 1. The van der Waals surface area contributed by atoms with Gasteiger partial charge in [0.2, 0.25) is 5.12 Å². The smallest absolute Gasteiger partial charge is 0.224 e. The number of hydrogen-bond acceptors (Lipinski definition) is 3. The number of rotatable bonds is 2. The molecule has 0 unspecified atom stereocenters. The summed E-state index contributed by atoms with van der Waals surface area (Å²) in [5.41, 5.74) is 6.84. The van der Waals surface area contributed by atoms with Gasteiger partial charge in [0.1, 0.15) is 0 Å². The van der Waals surface area contributed by atoms with E-state index in [0.717, 1.165) is 16.7 Å². The molecule has 0 fully saturated rings. The van der Waals surface area contributed by atoms with E-state index >= 15 is 0 Å². The van der Waals surface area contributed by atoms with Crippen molar-refractivity contribution in [3.8, 4) is 0 Å². The highest BCUT2D eigenvalue weighted by molar-refractivity contribution is 8.14. The van der Waals surface area contributed by atoms with Crippen LogP contribution in [0.3, 0.4) is 0 Å². The molecule has 2 aromatic carbocycles. The molecule has 86 valence electrons. The van der Waals surface area contributed by atoms with E-state index in [9.17, 15) is 4.79 Å². The molecule has 0 aliphatic carbocycles. The molecule has 4 heteroatoms. The Hall–Kier alpha value is -1.45. The van der Waals surface area contributed by atoms with Gasteiger partial charge in [-0.3, -0.25) is 4.79 Å². The lowest BCUT2D eigenvalue weighted by atomic mass is 10.2. The number of carbonyl (C=O) groups excluding carboxylic acids is 1. The summed E-state index contributed by atoms with van der Waals surface area (Å²) in [6.07, 6.45) is 0. The molecule has 0 aliphatic rings. The first-order valence-electron chi connectivity index (χ1n) is 4.99. The number of anilines is 1. The van der Waals surface area contributed by atoms with E-state index in [4.69, 9.17) is 17.3 Å². The lowest BCUT2D eigenvalue weighted by molar-refractivity contribution is 0.108. The fourth-order valence-electron chi connectivity index (χ4n) is 1.33. The van der Waals surface area contributed by atoms with Crippen LogP contribution < -0.4 is 5.73 Å². The third kappa shape index (κ3) is 3.02. The topological polar surface area (TPSA) is 43.1 Å². The number of thioether (sulfide) groups is 1. The van der Waals surface area contributed by atoms with Crippen molar-refractivity contribution in [2.45, 2.75) is 4.90 Å². The van der Waals surface area contributed by atoms with Crippen LogP contribution in [0.15, 0.2) is 53.4 Å². The molecule has 0 aliphatic heterocycles. The minimum absolute atomic E-state index is 0.0303. The molecule has 2 nitrogen and oxygen atoms in total. The van der Waals surface area contributed by atoms with Crippen LogP contribution in [0.2, 0.25) is 5.02 Å². The zero-order valence-electron chi connectivity index (χ0n) is 8.89. The molecule has 0 bridgehead atoms. The van der Waals surface area contributed by atoms with Crippen molar-refractivity contribution < 1.29 is 4.79 Å². The second-order valence-corrected chi connectivity index (χ2v) is 4.87. The summed E-state index contributed by atoms with van der Waals surface area (Å²) in [6, 6.07) is 14.2. The molecule has 0 atom stereocenters. The summed E-state index contributed by atoms with van der Waals surface area (Å²) >= 11 is 7.11. The summed E-state index contributed by atoms with van der Waals surface area (Å²) in [4.78, 5) is 12.6. The van der Waals surface area contributed by atoms with E-state index in [1.165, 1.54) is 0 Å². The Morgan fingerprint density at radius 2 is 1.82 bits per heavy atom. The molecule has 2 aromatic rings. The predicted molar refractivity (Wildman–Crippen MR) is 72.5 cm³/mol. The second-order valence-electron chi connectivity index (χ2n) is 3.45. The molecule has 0 aromatic heterocycles. The van der Waals surface area contributed by atoms with Gasteiger partial charge >= 0.3 is 0 Å². The summed E-state index contributed by atoms with van der Waals surface area (Å²) < 4.78 is 0. The summed E-state index contributed by atoms with van der Waals surface area (Å²) in [5.74, 6) is 0. The number of benzene rings is 2. The van der Waals surface area contributed by atoms with E-state index in [1.807, 2.05) is 18.2 Å². The predicted octanol–water partition coefficient (Wildman–Crippen LogP) is 3.85. The third-order valence-electron chi connectivity index (χ3n) is 2.17. The molecule has 0 heterocycles. The van der Waals surface area contributed by atoms with Crippen LogP contribution in [0.25, 0.3) is 0 Å². The van der Waals surface area contributed by atoms with Crippen molar-refractivity contribution in [1.82, 2.24) is 0 Å². The van der Waals surface area contributed by atoms with E-state index < -0.39 is 0 Å². The number of nitrogen functional groups attached to an aromatic ring is 1. The van der Waals surface area contributed by atoms with E-state index in [2.05, 4.69) is 0 Å². The van der Waals surface area contributed by atoms with Gasteiger partial charge in [-0.05, 0) is 30.0 Å². The van der Waals surface area contributed by atoms with E-state index in [-0.39, 0.29) is 5.12 Å². The number of nitrogens with two attached hydrogens (primary N) is 1. The molecule has 0 saturated heterocycles. The van der Waals surface area contributed by atoms with Crippen LogP contribution in [0.1, 0.15) is 10.4 Å².